The minimum atomic E-state index is -0.820. The molecular weight excluding hydrogens is 328 g/mol. The Labute approximate surface area is 155 Å². The predicted octanol–water partition coefficient (Wildman–Crippen LogP) is 4.21. The van der Waals surface area contributed by atoms with Gasteiger partial charge in [-0.3, -0.25) is 4.79 Å². The van der Waals surface area contributed by atoms with E-state index < -0.39 is 5.60 Å². The molecule has 0 amide bonds. The molecule has 1 N–H and O–H groups in total. The molecule has 26 heavy (non-hydrogen) atoms. The van der Waals surface area contributed by atoms with Crippen molar-refractivity contribution in [3.8, 4) is 0 Å². The van der Waals surface area contributed by atoms with E-state index in [9.17, 15) is 9.90 Å². The summed E-state index contributed by atoms with van der Waals surface area (Å²) in [5, 5.41) is 11.4. The zero-order valence-electron chi connectivity index (χ0n) is 15.9. The predicted molar refractivity (Wildman–Crippen MR) is 96.6 cm³/mol. The van der Waals surface area contributed by atoms with Crippen LogP contribution >= 0.6 is 0 Å². The third kappa shape index (κ3) is 2.14. The first-order chi connectivity index (χ1) is 12.4. The van der Waals surface area contributed by atoms with Gasteiger partial charge in [0, 0.05) is 13.3 Å². The molecule has 0 radical (unpaired) electrons. The highest BCUT2D eigenvalue weighted by molar-refractivity contribution is 5.66. The number of furan rings is 1. The van der Waals surface area contributed by atoms with E-state index in [0.29, 0.717) is 17.3 Å². The Morgan fingerprint density at radius 2 is 2.19 bits per heavy atom. The van der Waals surface area contributed by atoms with Gasteiger partial charge in [-0.1, -0.05) is 6.92 Å². The van der Waals surface area contributed by atoms with E-state index in [1.807, 2.05) is 6.26 Å². The largest absolute Gasteiger partial charge is 0.469 e. The summed E-state index contributed by atoms with van der Waals surface area (Å²) in [6.07, 6.45) is 10.7. The molecule has 4 aliphatic carbocycles. The van der Waals surface area contributed by atoms with Crippen molar-refractivity contribution >= 4 is 5.97 Å². The van der Waals surface area contributed by atoms with Gasteiger partial charge >= 0.3 is 5.97 Å². The number of carbonyl (C=O) groups excluding carboxylic acids is 1. The fourth-order valence-electron chi connectivity index (χ4n) is 7.72. The van der Waals surface area contributed by atoms with Gasteiger partial charge in [0.15, 0.2) is 0 Å². The Morgan fingerprint density at radius 1 is 1.35 bits per heavy atom. The number of fused-ring (bicyclic) bond motifs is 5. The summed E-state index contributed by atoms with van der Waals surface area (Å²) in [7, 11) is 0. The molecule has 142 valence electrons. The van der Waals surface area contributed by atoms with Crippen LogP contribution in [0.25, 0.3) is 0 Å². The summed E-state index contributed by atoms with van der Waals surface area (Å²) >= 11 is 0. The zero-order valence-corrected chi connectivity index (χ0v) is 15.9. The molecular formula is C22H30O4. The first-order valence-electron chi connectivity index (χ1n) is 10.3. The second-order valence-electron chi connectivity index (χ2n) is 9.85. The van der Waals surface area contributed by atoms with Crippen molar-refractivity contribution in [2.45, 2.75) is 76.7 Å². The van der Waals surface area contributed by atoms with Crippen LogP contribution in [-0.2, 0) is 16.0 Å². The average Bonchev–Trinajstić information content (AvgIpc) is 3.14. The zero-order chi connectivity index (χ0) is 18.2. The van der Waals surface area contributed by atoms with Gasteiger partial charge in [0.05, 0.1) is 6.26 Å². The minimum absolute atomic E-state index is 0.174. The van der Waals surface area contributed by atoms with Crippen LogP contribution in [0.15, 0.2) is 16.7 Å². The van der Waals surface area contributed by atoms with E-state index in [0.717, 1.165) is 25.7 Å². The van der Waals surface area contributed by atoms with Gasteiger partial charge in [0.1, 0.15) is 18.0 Å². The van der Waals surface area contributed by atoms with Gasteiger partial charge in [-0.2, -0.15) is 0 Å². The van der Waals surface area contributed by atoms with Crippen LogP contribution in [0, 0.1) is 22.7 Å². The highest BCUT2D eigenvalue weighted by atomic mass is 16.5. The Kier molecular flexibility index (Phi) is 3.48. The number of rotatable bonds is 2. The number of aliphatic hydroxyl groups is 1. The molecule has 4 nitrogen and oxygen atoms in total. The summed E-state index contributed by atoms with van der Waals surface area (Å²) in [6.45, 7) is 4.11. The van der Waals surface area contributed by atoms with E-state index in [-0.39, 0.29) is 23.9 Å². The molecule has 5 rings (SSSR count). The van der Waals surface area contributed by atoms with Crippen LogP contribution in [0.1, 0.15) is 76.0 Å². The third-order valence-electron chi connectivity index (χ3n) is 8.71. The standard InChI is InChI=1S/C22H30O4/c1-14(23)26-13-22(24)12-21-9-5-17-16-7-10-25-18(16)6-8-20(17,2)19(21)4-3-15(22)11-21/h7,10,15,17,19,24H,3-6,8-9,11-13H2,1-2H3/t15-,17+,19-,20+,21-,22-/m0/s1. The number of carbonyl (C=O) groups is 1. The molecule has 4 aliphatic rings. The van der Waals surface area contributed by atoms with E-state index in [4.69, 9.17) is 9.15 Å². The lowest BCUT2D eigenvalue weighted by molar-refractivity contribution is -0.151. The number of ether oxygens (including phenoxy) is 1. The smallest absolute Gasteiger partial charge is 0.302 e. The average molecular weight is 358 g/mol. The molecule has 0 saturated heterocycles. The highest BCUT2D eigenvalue weighted by Gasteiger charge is 2.66. The van der Waals surface area contributed by atoms with Crippen molar-refractivity contribution < 1.29 is 19.1 Å². The number of hydrogen-bond donors (Lipinski definition) is 1. The maximum atomic E-state index is 11.4. The maximum Gasteiger partial charge on any atom is 0.302 e. The van der Waals surface area contributed by atoms with Gasteiger partial charge in [-0.15, -0.1) is 0 Å². The molecule has 3 saturated carbocycles. The maximum absolute atomic E-state index is 11.4. The van der Waals surface area contributed by atoms with Crippen molar-refractivity contribution in [1.82, 2.24) is 0 Å². The molecule has 1 spiro atoms. The number of esters is 1. The van der Waals surface area contributed by atoms with E-state index >= 15 is 0 Å². The Bertz CT molecular complexity index is 738. The first kappa shape index (κ1) is 16.9. The highest BCUT2D eigenvalue weighted by Crippen LogP contribution is 2.72. The van der Waals surface area contributed by atoms with E-state index in [2.05, 4.69) is 13.0 Å². The molecule has 0 aromatic carbocycles. The second kappa shape index (κ2) is 5.37. The second-order valence-corrected chi connectivity index (χ2v) is 9.85. The SMILES string of the molecule is CC(=O)OC[C@@]1(O)C[C@@]23CC[C@@H]4c5ccoc5CC[C@@]4(C)[C@@H]2CC[C@H]1C3. The molecule has 6 atom stereocenters. The number of aryl methyl sites for hydroxylation is 1. The molecule has 0 aliphatic heterocycles. The molecule has 2 bridgehead atoms. The summed E-state index contributed by atoms with van der Waals surface area (Å²) in [5.74, 6) is 2.45. The normalized spacial score (nSPS) is 46.2. The van der Waals surface area contributed by atoms with Crippen molar-refractivity contribution in [1.29, 1.82) is 0 Å². The van der Waals surface area contributed by atoms with Crippen molar-refractivity contribution in [2.24, 2.45) is 22.7 Å². The molecule has 3 fully saturated rings. The monoisotopic (exact) mass is 358 g/mol. The van der Waals surface area contributed by atoms with Crippen molar-refractivity contribution in [3.05, 3.63) is 23.7 Å². The van der Waals surface area contributed by atoms with Crippen molar-refractivity contribution in [2.75, 3.05) is 6.61 Å². The molecule has 4 heteroatoms. The summed E-state index contributed by atoms with van der Waals surface area (Å²) in [4.78, 5) is 11.3. The van der Waals surface area contributed by atoms with E-state index in [1.54, 1.807) is 0 Å². The lowest BCUT2D eigenvalue weighted by atomic mass is 9.45. The summed E-state index contributed by atoms with van der Waals surface area (Å²) in [6, 6.07) is 2.20. The quantitative estimate of drug-likeness (QED) is 0.805. The first-order valence-corrected chi connectivity index (χ1v) is 10.3. The van der Waals surface area contributed by atoms with E-state index in [1.165, 1.54) is 43.9 Å². The van der Waals surface area contributed by atoms with Crippen LogP contribution in [-0.4, -0.2) is 23.3 Å². The summed E-state index contributed by atoms with van der Waals surface area (Å²) < 4.78 is 11.0. The van der Waals surface area contributed by atoms with Crippen molar-refractivity contribution in [3.63, 3.8) is 0 Å². The van der Waals surface area contributed by atoms with Crippen LogP contribution in [0.4, 0.5) is 0 Å². The van der Waals surface area contributed by atoms with Crippen LogP contribution in [0.2, 0.25) is 0 Å². The van der Waals surface area contributed by atoms with Gasteiger partial charge < -0.3 is 14.3 Å². The van der Waals surface area contributed by atoms with Gasteiger partial charge in [0.25, 0.3) is 0 Å². The van der Waals surface area contributed by atoms with Crippen LogP contribution in [0.5, 0.6) is 0 Å². The molecule has 1 heterocycles. The Balaban J connectivity index is 1.47. The minimum Gasteiger partial charge on any atom is -0.469 e. The fraction of sp³-hybridized carbons (Fsp3) is 0.773. The van der Waals surface area contributed by atoms with Crippen LogP contribution in [0.3, 0.4) is 0 Å². The number of hydrogen-bond acceptors (Lipinski definition) is 4. The lowest BCUT2D eigenvalue weighted by Crippen LogP contribution is -2.51. The molecule has 1 aromatic rings. The molecule has 0 unspecified atom stereocenters. The topological polar surface area (TPSA) is 59.7 Å². The summed E-state index contributed by atoms with van der Waals surface area (Å²) in [5.41, 5.74) is 1.15. The van der Waals surface area contributed by atoms with Gasteiger partial charge in [0.2, 0.25) is 0 Å². The lowest BCUT2D eigenvalue weighted by Gasteiger charge is -2.59. The Morgan fingerprint density at radius 3 is 3.00 bits per heavy atom. The molecule has 1 aromatic heterocycles. The van der Waals surface area contributed by atoms with Gasteiger partial charge in [-0.05, 0) is 85.2 Å². The Hall–Kier alpha value is -1.29. The third-order valence-corrected chi connectivity index (χ3v) is 8.71. The fourth-order valence-corrected chi connectivity index (χ4v) is 7.72. The van der Waals surface area contributed by atoms with Crippen LogP contribution < -0.4 is 0 Å². The van der Waals surface area contributed by atoms with Gasteiger partial charge in [-0.25, -0.2) is 0 Å².